The van der Waals surface area contributed by atoms with Crippen LogP contribution in [0.25, 0.3) is 0 Å². The van der Waals surface area contributed by atoms with Crippen LogP contribution < -0.4 is 5.69 Å². The number of ketones is 1. The third-order valence-electron chi connectivity index (χ3n) is 4.02. The molecule has 26 heavy (non-hydrogen) atoms. The molecule has 1 saturated heterocycles. The number of alkyl halides is 1. The van der Waals surface area contributed by atoms with E-state index in [1.54, 1.807) is 6.92 Å². The lowest BCUT2D eigenvalue weighted by Crippen LogP contribution is -2.33. The van der Waals surface area contributed by atoms with Crippen LogP contribution in [0.2, 0.25) is 0 Å². The number of aliphatic hydroxyl groups excluding tert-OH is 2. The molecule has 0 spiro atoms. The summed E-state index contributed by atoms with van der Waals surface area (Å²) in [6.45, 7) is 1.12. The summed E-state index contributed by atoms with van der Waals surface area (Å²) in [5, 5.41) is 18.7. The van der Waals surface area contributed by atoms with Gasteiger partial charge in [-0.3, -0.25) is 14.3 Å². The molecule has 9 nitrogen and oxygen atoms in total. The molecule has 3 rings (SSSR count). The van der Waals surface area contributed by atoms with Crippen LogP contribution in [0.1, 0.15) is 28.1 Å². The van der Waals surface area contributed by atoms with E-state index in [1.165, 1.54) is 24.7 Å². The van der Waals surface area contributed by atoms with Crippen molar-refractivity contribution in [3.63, 3.8) is 0 Å². The largest absolute Gasteiger partial charge is 0.394 e. The molecule has 0 unspecified atom stereocenters. The van der Waals surface area contributed by atoms with E-state index in [9.17, 15) is 19.1 Å². The topological polar surface area (TPSA) is 127 Å². The summed E-state index contributed by atoms with van der Waals surface area (Å²) in [7, 11) is 0. The highest BCUT2D eigenvalue weighted by atomic mass is 19.1. The van der Waals surface area contributed by atoms with Crippen LogP contribution in [0.3, 0.4) is 0 Å². The Morgan fingerprint density at radius 2 is 2.15 bits per heavy atom. The van der Waals surface area contributed by atoms with Crippen molar-refractivity contribution in [2.75, 3.05) is 6.61 Å². The zero-order valence-corrected chi connectivity index (χ0v) is 13.8. The van der Waals surface area contributed by atoms with Gasteiger partial charge in [-0.15, -0.1) is 0 Å². The molecule has 0 saturated carbocycles. The molecule has 0 aromatic carbocycles. The standard InChI is InChI=1S/C16H17FN4O5/c1-8-5-18-6-10(19-8)11(23)4-9-2-3-21(16(25)20-9)15-13(17)14(24)12(7-22)26-15/h2-3,5-6,12-15,22,24H,4,7H2,1H3/t12-,13-,14-,15-/m1/s1. The number of rotatable bonds is 5. The molecule has 10 heteroatoms. The maximum absolute atomic E-state index is 14.1. The van der Waals surface area contributed by atoms with Gasteiger partial charge in [0.15, 0.2) is 18.2 Å². The molecule has 2 aromatic rings. The van der Waals surface area contributed by atoms with E-state index < -0.39 is 36.9 Å². The molecule has 138 valence electrons. The van der Waals surface area contributed by atoms with E-state index in [4.69, 9.17) is 9.84 Å². The minimum atomic E-state index is -1.89. The second kappa shape index (κ2) is 7.36. The van der Waals surface area contributed by atoms with Crippen molar-refractivity contribution in [2.45, 2.75) is 38.0 Å². The summed E-state index contributed by atoms with van der Waals surface area (Å²) >= 11 is 0. The molecule has 2 aromatic heterocycles. The Hall–Kier alpha value is -2.56. The highest BCUT2D eigenvalue weighted by molar-refractivity contribution is 5.95. The third-order valence-corrected chi connectivity index (χ3v) is 4.02. The quantitative estimate of drug-likeness (QED) is 0.671. The Kier molecular flexibility index (Phi) is 5.16. The maximum atomic E-state index is 14.1. The van der Waals surface area contributed by atoms with Crippen LogP contribution in [-0.2, 0) is 11.2 Å². The molecule has 3 heterocycles. The molecule has 2 N–H and O–H groups in total. The first-order valence-corrected chi connectivity index (χ1v) is 7.89. The van der Waals surface area contributed by atoms with Crippen molar-refractivity contribution in [3.05, 3.63) is 52.2 Å². The summed E-state index contributed by atoms with van der Waals surface area (Å²) in [6, 6.07) is 1.39. The van der Waals surface area contributed by atoms with E-state index in [-0.39, 0.29) is 23.6 Å². The Morgan fingerprint density at radius 3 is 2.77 bits per heavy atom. The lowest BCUT2D eigenvalue weighted by atomic mass is 10.1. The van der Waals surface area contributed by atoms with Gasteiger partial charge in [-0.2, -0.15) is 4.98 Å². The smallest absolute Gasteiger partial charge is 0.350 e. The van der Waals surface area contributed by atoms with Crippen LogP contribution >= 0.6 is 0 Å². The summed E-state index contributed by atoms with van der Waals surface area (Å²) in [5.41, 5.74) is 0.104. The fraction of sp³-hybridized carbons (Fsp3) is 0.438. The van der Waals surface area contributed by atoms with Gasteiger partial charge in [0.2, 0.25) is 0 Å². The van der Waals surface area contributed by atoms with Gasteiger partial charge in [-0.25, -0.2) is 14.2 Å². The number of aliphatic hydroxyl groups is 2. The Morgan fingerprint density at radius 1 is 1.38 bits per heavy atom. The first-order chi connectivity index (χ1) is 12.4. The molecule has 0 radical (unpaired) electrons. The lowest BCUT2D eigenvalue weighted by molar-refractivity contribution is -0.0491. The molecule has 0 bridgehead atoms. The number of Topliss-reactive ketones (excluding diaryl/α,β-unsaturated/α-hetero) is 1. The predicted octanol–water partition coefficient (Wildman–Crippen LogP) is -0.644. The number of halogens is 1. The van der Waals surface area contributed by atoms with E-state index in [1.807, 2.05) is 0 Å². The predicted molar refractivity (Wildman–Crippen MR) is 85.2 cm³/mol. The van der Waals surface area contributed by atoms with Gasteiger partial charge in [0.05, 0.1) is 30.6 Å². The first-order valence-electron chi connectivity index (χ1n) is 7.89. The monoisotopic (exact) mass is 364 g/mol. The third kappa shape index (κ3) is 3.52. The number of aryl methyl sites for hydroxylation is 1. The molecular formula is C16H17FN4O5. The number of carbonyl (C=O) groups is 1. The van der Waals surface area contributed by atoms with E-state index in [0.29, 0.717) is 5.69 Å². The maximum Gasteiger partial charge on any atom is 0.350 e. The molecular weight excluding hydrogens is 347 g/mol. The van der Waals surface area contributed by atoms with Crippen molar-refractivity contribution < 1.29 is 24.1 Å². The molecule has 1 aliphatic heterocycles. The van der Waals surface area contributed by atoms with Crippen molar-refractivity contribution in [1.82, 2.24) is 19.5 Å². The highest BCUT2D eigenvalue weighted by Gasteiger charge is 2.45. The van der Waals surface area contributed by atoms with E-state index in [2.05, 4.69) is 15.0 Å². The number of hydrogen-bond donors (Lipinski definition) is 2. The van der Waals surface area contributed by atoms with Crippen molar-refractivity contribution >= 4 is 5.78 Å². The van der Waals surface area contributed by atoms with Gasteiger partial charge in [0.1, 0.15) is 17.9 Å². The molecule has 4 atom stereocenters. The van der Waals surface area contributed by atoms with Gasteiger partial charge < -0.3 is 14.9 Å². The van der Waals surface area contributed by atoms with Crippen molar-refractivity contribution in [2.24, 2.45) is 0 Å². The van der Waals surface area contributed by atoms with Gasteiger partial charge >= 0.3 is 5.69 Å². The Labute approximate surface area is 147 Å². The summed E-state index contributed by atoms with van der Waals surface area (Å²) in [6.07, 6.45) is -2.03. The minimum absolute atomic E-state index is 0.160. The fourth-order valence-corrected chi connectivity index (χ4v) is 2.67. The highest BCUT2D eigenvalue weighted by Crippen LogP contribution is 2.30. The minimum Gasteiger partial charge on any atom is -0.394 e. The zero-order valence-electron chi connectivity index (χ0n) is 13.8. The molecule has 1 fully saturated rings. The fourth-order valence-electron chi connectivity index (χ4n) is 2.67. The molecule has 0 amide bonds. The molecule has 0 aliphatic carbocycles. The van der Waals surface area contributed by atoms with Gasteiger partial charge in [0.25, 0.3) is 0 Å². The number of nitrogens with zero attached hydrogens (tertiary/aromatic N) is 4. The Bertz CT molecular complexity index is 874. The second-order valence-electron chi connectivity index (χ2n) is 5.94. The van der Waals surface area contributed by atoms with Gasteiger partial charge in [0, 0.05) is 12.4 Å². The average Bonchev–Trinajstić information content (AvgIpc) is 2.90. The number of aromatic nitrogens is 4. The summed E-state index contributed by atoms with van der Waals surface area (Å²) < 4.78 is 20.2. The van der Waals surface area contributed by atoms with Crippen LogP contribution in [0.15, 0.2) is 29.5 Å². The van der Waals surface area contributed by atoms with E-state index >= 15 is 0 Å². The lowest BCUT2D eigenvalue weighted by Gasteiger charge is -2.15. The zero-order chi connectivity index (χ0) is 18.8. The number of carbonyl (C=O) groups excluding carboxylic acids is 1. The average molecular weight is 364 g/mol. The number of ether oxygens (including phenoxy) is 1. The van der Waals surface area contributed by atoms with Crippen LogP contribution in [-0.4, -0.2) is 60.5 Å². The van der Waals surface area contributed by atoms with Gasteiger partial charge in [-0.1, -0.05) is 0 Å². The van der Waals surface area contributed by atoms with Crippen molar-refractivity contribution in [1.29, 1.82) is 0 Å². The van der Waals surface area contributed by atoms with Gasteiger partial charge in [-0.05, 0) is 13.0 Å². The first kappa shape index (κ1) is 18.2. The summed E-state index contributed by atoms with van der Waals surface area (Å²) in [5.74, 6) is -0.359. The van der Waals surface area contributed by atoms with E-state index in [0.717, 1.165) is 4.57 Å². The van der Waals surface area contributed by atoms with Crippen LogP contribution in [0.5, 0.6) is 0 Å². The van der Waals surface area contributed by atoms with Crippen molar-refractivity contribution in [3.8, 4) is 0 Å². The summed E-state index contributed by atoms with van der Waals surface area (Å²) in [4.78, 5) is 36.1. The SMILES string of the molecule is Cc1cncc(C(=O)Cc2ccn([C@@H]3O[C@H](CO)[C@@H](O)[C@H]3F)c(=O)n2)n1. The Balaban J connectivity index is 1.78. The number of hydrogen-bond acceptors (Lipinski definition) is 8. The van der Waals surface area contributed by atoms with Crippen LogP contribution in [0.4, 0.5) is 4.39 Å². The normalized spacial score (nSPS) is 25.4. The second-order valence-corrected chi connectivity index (χ2v) is 5.94. The molecule has 1 aliphatic rings. The van der Waals surface area contributed by atoms with Crippen LogP contribution in [0, 0.1) is 6.92 Å².